The normalized spacial score (nSPS) is 12.9. The fourth-order valence-corrected chi connectivity index (χ4v) is 6.04. The highest BCUT2D eigenvalue weighted by Crippen LogP contribution is 2.49. The largest absolute Gasteiger partial charge is 0.356 e. The Labute approximate surface area is 236 Å². The Morgan fingerprint density at radius 1 is 0.375 bits per heavy atom. The summed E-state index contributed by atoms with van der Waals surface area (Å²) in [6.07, 6.45) is 0. The highest BCUT2D eigenvalue weighted by atomic mass is 14.9. The summed E-state index contributed by atoms with van der Waals surface area (Å²) in [7, 11) is 0. The summed E-state index contributed by atoms with van der Waals surface area (Å²) >= 11 is 0. The fraction of sp³-hybridized carbons (Fsp3) is 0.0769. The number of hydrogen-bond donors (Lipinski definition) is 1. The van der Waals surface area contributed by atoms with Crippen LogP contribution in [0.25, 0.3) is 44.5 Å². The van der Waals surface area contributed by atoms with E-state index in [2.05, 4.69) is 165 Å². The molecule has 192 valence electrons. The van der Waals surface area contributed by atoms with E-state index in [0.29, 0.717) is 0 Å². The van der Waals surface area contributed by atoms with E-state index in [0.717, 1.165) is 11.4 Å². The van der Waals surface area contributed by atoms with E-state index in [-0.39, 0.29) is 5.41 Å². The van der Waals surface area contributed by atoms with Crippen LogP contribution in [-0.4, -0.2) is 0 Å². The summed E-state index contributed by atoms with van der Waals surface area (Å²) in [6, 6.07) is 52.4. The molecular weight excluding hydrogens is 482 g/mol. The van der Waals surface area contributed by atoms with Gasteiger partial charge in [0.15, 0.2) is 0 Å². The third kappa shape index (κ3) is 4.30. The number of anilines is 2. The average molecular weight is 514 g/mol. The molecule has 0 amide bonds. The van der Waals surface area contributed by atoms with Gasteiger partial charge in [-0.05, 0) is 79.9 Å². The van der Waals surface area contributed by atoms with Crippen molar-refractivity contribution < 1.29 is 0 Å². The zero-order chi connectivity index (χ0) is 27.1. The second-order valence-corrected chi connectivity index (χ2v) is 11.2. The van der Waals surface area contributed by atoms with Crippen LogP contribution in [0.2, 0.25) is 0 Å². The summed E-state index contributed by atoms with van der Waals surface area (Å²) < 4.78 is 0. The molecule has 0 aromatic heterocycles. The van der Waals surface area contributed by atoms with Gasteiger partial charge in [0.05, 0.1) is 0 Å². The van der Waals surface area contributed by atoms with Gasteiger partial charge in [-0.2, -0.15) is 0 Å². The molecule has 6 aromatic rings. The maximum absolute atomic E-state index is 3.62. The number of rotatable bonds is 5. The van der Waals surface area contributed by atoms with E-state index < -0.39 is 0 Å². The Kier molecular flexibility index (Phi) is 5.86. The lowest BCUT2D eigenvalue weighted by atomic mass is 9.82. The van der Waals surface area contributed by atoms with Gasteiger partial charge in [0.2, 0.25) is 0 Å². The van der Waals surface area contributed by atoms with Crippen LogP contribution in [0.4, 0.5) is 11.4 Å². The van der Waals surface area contributed by atoms with Crippen LogP contribution >= 0.6 is 0 Å². The van der Waals surface area contributed by atoms with E-state index in [1.807, 2.05) is 0 Å². The van der Waals surface area contributed by atoms with Gasteiger partial charge in [-0.15, -0.1) is 0 Å². The lowest BCUT2D eigenvalue weighted by Gasteiger charge is -2.22. The summed E-state index contributed by atoms with van der Waals surface area (Å²) in [6.45, 7) is 4.64. The molecule has 0 bridgehead atoms. The SMILES string of the molecule is CC1(C)c2ccccc2-c2ccc(Nc3ccc(-c4ccc(-c5ccc(-c6ccccc6)cc5)cc4)cc3)cc21. The monoisotopic (exact) mass is 513 g/mol. The predicted molar refractivity (Wildman–Crippen MR) is 170 cm³/mol. The molecule has 1 heteroatoms. The van der Waals surface area contributed by atoms with Gasteiger partial charge in [0, 0.05) is 16.8 Å². The van der Waals surface area contributed by atoms with Crippen LogP contribution in [0.15, 0.2) is 146 Å². The van der Waals surface area contributed by atoms with E-state index in [1.165, 1.54) is 55.6 Å². The third-order valence-corrected chi connectivity index (χ3v) is 8.30. The Hall–Kier alpha value is -4.88. The Balaban J connectivity index is 1.06. The van der Waals surface area contributed by atoms with Crippen LogP contribution in [0.5, 0.6) is 0 Å². The van der Waals surface area contributed by atoms with Crippen molar-refractivity contribution in [2.45, 2.75) is 19.3 Å². The van der Waals surface area contributed by atoms with Crippen molar-refractivity contribution in [1.29, 1.82) is 0 Å². The topological polar surface area (TPSA) is 12.0 Å². The Morgan fingerprint density at radius 2 is 0.800 bits per heavy atom. The number of benzene rings is 6. The van der Waals surface area contributed by atoms with Crippen LogP contribution in [0.3, 0.4) is 0 Å². The van der Waals surface area contributed by atoms with Gasteiger partial charge in [0.1, 0.15) is 0 Å². The molecule has 1 nitrogen and oxygen atoms in total. The van der Waals surface area contributed by atoms with E-state index in [9.17, 15) is 0 Å². The second kappa shape index (κ2) is 9.70. The van der Waals surface area contributed by atoms with Crippen molar-refractivity contribution in [3.63, 3.8) is 0 Å². The summed E-state index contributed by atoms with van der Waals surface area (Å²) in [5.74, 6) is 0. The standard InChI is InChI=1S/C39H31N/c1-39(2)37-11-7-6-10-35(37)36-25-24-34(26-38(36)39)40-33-22-20-32(21-23-33)31-18-16-30(17-19-31)29-14-12-28(13-15-29)27-8-4-3-5-9-27/h3-26,40H,1-2H3. The summed E-state index contributed by atoms with van der Waals surface area (Å²) in [5, 5.41) is 3.62. The van der Waals surface area contributed by atoms with Crippen molar-refractivity contribution in [2.24, 2.45) is 0 Å². The molecule has 1 N–H and O–H groups in total. The predicted octanol–water partition coefficient (Wildman–Crippen LogP) is 10.7. The van der Waals surface area contributed by atoms with Gasteiger partial charge < -0.3 is 5.32 Å². The average Bonchev–Trinajstić information content (AvgIpc) is 3.24. The van der Waals surface area contributed by atoms with Gasteiger partial charge in [-0.3, -0.25) is 0 Å². The van der Waals surface area contributed by atoms with Gasteiger partial charge in [-0.1, -0.05) is 135 Å². The molecule has 0 atom stereocenters. The molecule has 6 aromatic carbocycles. The molecule has 0 saturated carbocycles. The van der Waals surface area contributed by atoms with Crippen LogP contribution < -0.4 is 5.32 Å². The van der Waals surface area contributed by atoms with Crippen LogP contribution in [0.1, 0.15) is 25.0 Å². The molecule has 1 aliphatic rings. The number of nitrogens with one attached hydrogen (secondary N) is 1. The number of fused-ring (bicyclic) bond motifs is 3. The van der Waals surface area contributed by atoms with Crippen molar-refractivity contribution in [3.8, 4) is 44.5 Å². The molecule has 0 heterocycles. The minimum Gasteiger partial charge on any atom is -0.356 e. The van der Waals surface area contributed by atoms with E-state index in [4.69, 9.17) is 0 Å². The van der Waals surface area contributed by atoms with Gasteiger partial charge in [0.25, 0.3) is 0 Å². The maximum Gasteiger partial charge on any atom is 0.0387 e. The third-order valence-electron chi connectivity index (χ3n) is 8.30. The highest BCUT2D eigenvalue weighted by Gasteiger charge is 2.35. The quantitative estimate of drug-likeness (QED) is 0.242. The molecular formula is C39H31N. The Morgan fingerprint density at radius 3 is 1.38 bits per heavy atom. The molecule has 40 heavy (non-hydrogen) atoms. The molecule has 0 spiro atoms. The zero-order valence-electron chi connectivity index (χ0n) is 22.9. The van der Waals surface area contributed by atoms with Crippen LogP contribution in [0, 0.1) is 0 Å². The van der Waals surface area contributed by atoms with Gasteiger partial charge in [-0.25, -0.2) is 0 Å². The smallest absolute Gasteiger partial charge is 0.0387 e. The molecule has 0 fully saturated rings. The zero-order valence-corrected chi connectivity index (χ0v) is 22.9. The highest BCUT2D eigenvalue weighted by molar-refractivity contribution is 5.83. The fourth-order valence-electron chi connectivity index (χ4n) is 6.04. The first-order valence-corrected chi connectivity index (χ1v) is 13.9. The van der Waals surface area contributed by atoms with Crippen molar-refractivity contribution in [2.75, 3.05) is 5.32 Å². The molecule has 0 radical (unpaired) electrons. The lowest BCUT2D eigenvalue weighted by Crippen LogP contribution is -2.15. The van der Waals surface area contributed by atoms with E-state index >= 15 is 0 Å². The lowest BCUT2D eigenvalue weighted by molar-refractivity contribution is 0.660. The molecule has 0 aliphatic heterocycles. The van der Waals surface area contributed by atoms with Gasteiger partial charge >= 0.3 is 0 Å². The van der Waals surface area contributed by atoms with Crippen molar-refractivity contribution in [3.05, 3.63) is 157 Å². The first-order chi connectivity index (χ1) is 19.6. The van der Waals surface area contributed by atoms with Crippen LogP contribution in [-0.2, 0) is 5.41 Å². The molecule has 0 unspecified atom stereocenters. The van der Waals surface area contributed by atoms with Crippen molar-refractivity contribution in [1.82, 2.24) is 0 Å². The number of hydrogen-bond acceptors (Lipinski definition) is 1. The first kappa shape index (κ1) is 24.2. The summed E-state index contributed by atoms with van der Waals surface area (Å²) in [4.78, 5) is 0. The molecule has 1 aliphatic carbocycles. The van der Waals surface area contributed by atoms with Crippen molar-refractivity contribution >= 4 is 11.4 Å². The molecule has 7 rings (SSSR count). The first-order valence-electron chi connectivity index (χ1n) is 13.9. The maximum atomic E-state index is 3.62. The molecule has 0 saturated heterocycles. The minimum atomic E-state index is 0.00354. The van der Waals surface area contributed by atoms with E-state index in [1.54, 1.807) is 0 Å². The summed E-state index contributed by atoms with van der Waals surface area (Å²) in [5.41, 5.74) is 15.1. The Bertz CT molecular complexity index is 1790. The minimum absolute atomic E-state index is 0.00354. The second-order valence-electron chi connectivity index (χ2n) is 11.2.